The van der Waals surface area contributed by atoms with E-state index in [1.807, 2.05) is 36.4 Å². The lowest BCUT2D eigenvalue weighted by atomic mass is 9.85. The Morgan fingerprint density at radius 2 is 1.62 bits per heavy atom. The van der Waals surface area contributed by atoms with Gasteiger partial charge in [-0.1, -0.05) is 95.6 Å². The number of hydrogen-bond acceptors (Lipinski definition) is 4. The van der Waals surface area contributed by atoms with E-state index >= 15 is 0 Å². The largest absolute Gasteiger partial charge is 0.490 e. The number of unbranched alkanes of at least 4 members (excludes halogenated alkanes) is 7. The molecular formula is C29H42O5. The van der Waals surface area contributed by atoms with Gasteiger partial charge in [0.25, 0.3) is 0 Å². The number of aliphatic carboxylic acids is 1. The molecule has 1 fully saturated rings. The van der Waals surface area contributed by atoms with Gasteiger partial charge in [0.15, 0.2) is 0 Å². The van der Waals surface area contributed by atoms with Crippen LogP contribution in [0.3, 0.4) is 0 Å². The number of hydrogen-bond donors (Lipinski definition) is 1. The molecule has 1 aromatic carbocycles. The molecule has 0 spiro atoms. The van der Waals surface area contributed by atoms with Crippen LogP contribution >= 0.6 is 0 Å². The maximum atomic E-state index is 11.5. The number of carboxylic acid groups (broad SMARTS) is 1. The summed E-state index contributed by atoms with van der Waals surface area (Å²) in [6.45, 7) is 5.53. The summed E-state index contributed by atoms with van der Waals surface area (Å²) in [5, 5.41) is 9.42. The summed E-state index contributed by atoms with van der Waals surface area (Å²) < 4.78 is 18.4. The molecule has 0 bridgehead atoms. The zero-order valence-corrected chi connectivity index (χ0v) is 20.9. The van der Waals surface area contributed by atoms with Gasteiger partial charge in [0.1, 0.15) is 24.1 Å². The standard InChI is InChI=1S/C29H42O5/c1-3-5-6-7-8-9-10-13-21-33-29(19-17-23(18-20-29)28(30)31)24-15-11-12-16-25(24)32-22-27-26(34-27)14-4-2/h11-12,15-20,23,26-27H,3-10,13-14,21-22H2,1-2H3,(H,30,31). The van der Waals surface area contributed by atoms with Crippen molar-refractivity contribution < 1.29 is 24.1 Å². The highest BCUT2D eigenvalue weighted by Gasteiger charge is 2.39. The molecule has 0 amide bonds. The van der Waals surface area contributed by atoms with Crippen LogP contribution in [0.2, 0.25) is 0 Å². The van der Waals surface area contributed by atoms with Gasteiger partial charge in [0, 0.05) is 12.2 Å². The van der Waals surface area contributed by atoms with Crippen molar-refractivity contribution in [3.05, 3.63) is 54.1 Å². The zero-order chi connectivity index (χ0) is 24.2. The third-order valence-electron chi connectivity index (χ3n) is 6.70. The molecule has 1 aromatic rings. The Bertz CT molecular complexity index is 800. The van der Waals surface area contributed by atoms with E-state index < -0.39 is 17.5 Å². The van der Waals surface area contributed by atoms with Crippen LogP contribution in [0.25, 0.3) is 0 Å². The zero-order valence-electron chi connectivity index (χ0n) is 20.9. The average molecular weight is 471 g/mol. The van der Waals surface area contributed by atoms with Gasteiger partial charge >= 0.3 is 5.97 Å². The van der Waals surface area contributed by atoms with Crippen LogP contribution in [-0.2, 0) is 19.9 Å². The number of rotatable bonds is 17. The molecule has 5 nitrogen and oxygen atoms in total. The molecule has 1 heterocycles. The maximum absolute atomic E-state index is 11.5. The summed E-state index contributed by atoms with van der Waals surface area (Å²) in [6, 6.07) is 7.90. The Morgan fingerprint density at radius 1 is 0.941 bits per heavy atom. The summed E-state index contributed by atoms with van der Waals surface area (Å²) in [5.74, 6) is -0.739. The highest BCUT2D eigenvalue weighted by atomic mass is 16.6. The second kappa shape index (κ2) is 13.7. The molecule has 34 heavy (non-hydrogen) atoms. The van der Waals surface area contributed by atoms with E-state index in [9.17, 15) is 9.90 Å². The number of para-hydroxylation sites is 1. The quantitative estimate of drug-likeness (QED) is 0.154. The van der Waals surface area contributed by atoms with Crippen molar-refractivity contribution >= 4 is 5.97 Å². The van der Waals surface area contributed by atoms with Crippen molar-refractivity contribution in [2.45, 2.75) is 95.9 Å². The fourth-order valence-electron chi connectivity index (χ4n) is 4.56. The first-order valence-electron chi connectivity index (χ1n) is 13.2. The van der Waals surface area contributed by atoms with Crippen molar-refractivity contribution in [3.63, 3.8) is 0 Å². The molecule has 3 rings (SSSR count). The summed E-state index contributed by atoms with van der Waals surface area (Å²) in [4.78, 5) is 11.5. The minimum absolute atomic E-state index is 0.149. The van der Waals surface area contributed by atoms with Crippen molar-refractivity contribution in [2.75, 3.05) is 13.2 Å². The topological polar surface area (TPSA) is 68.3 Å². The number of carboxylic acids is 1. The number of epoxide rings is 1. The van der Waals surface area contributed by atoms with Gasteiger partial charge in [0.05, 0.1) is 12.0 Å². The molecule has 188 valence electrons. The molecule has 2 aliphatic rings. The van der Waals surface area contributed by atoms with Crippen LogP contribution < -0.4 is 4.74 Å². The van der Waals surface area contributed by atoms with Crippen LogP contribution in [0, 0.1) is 5.92 Å². The van der Waals surface area contributed by atoms with E-state index in [4.69, 9.17) is 14.2 Å². The van der Waals surface area contributed by atoms with Gasteiger partial charge in [-0.05, 0) is 31.1 Å². The monoisotopic (exact) mass is 470 g/mol. The van der Waals surface area contributed by atoms with E-state index in [0.29, 0.717) is 19.3 Å². The smallest absolute Gasteiger partial charge is 0.314 e. The molecule has 1 aliphatic carbocycles. The van der Waals surface area contributed by atoms with E-state index in [1.54, 1.807) is 12.2 Å². The first-order chi connectivity index (χ1) is 16.6. The summed E-state index contributed by atoms with van der Waals surface area (Å²) in [6.07, 6.45) is 19.7. The lowest BCUT2D eigenvalue weighted by Crippen LogP contribution is -2.30. The fourth-order valence-corrected chi connectivity index (χ4v) is 4.56. The third-order valence-corrected chi connectivity index (χ3v) is 6.70. The van der Waals surface area contributed by atoms with Crippen LogP contribution in [-0.4, -0.2) is 36.5 Å². The molecule has 1 N–H and O–H groups in total. The Morgan fingerprint density at radius 3 is 2.29 bits per heavy atom. The first-order valence-corrected chi connectivity index (χ1v) is 13.2. The van der Waals surface area contributed by atoms with Crippen molar-refractivity contribution in [3.8, 4) is 5.75 Å². The Balaban J connectivity index is 1.62. The van der Waals surface area contributed by atoms with E-state index in [1.165, 1.54) is 38.5 Å². The van der Waals surface area contributed by atoms with Gasteiger partial charge in [-0.15, -0.1) is 0 Å². The molecule has 1 aliphatic heterocycles. The van der Waals surface area contributed by atoms with Crippen LogP contribution in [0.15, 0.2) is 48.6 Å². The van der Waals surface area contributed by atoms with E-state index in [2.05, 4.69) is 13.8 Å². The van der Waals surface area contributed by atoms with E-state index in [-0.39, 0.29) is 6.10 Å². The van der Waals surface area contributed by atoms with Gasteiger partial charge < -0.3 is 19.3 Å². The molecule has 2 atom stereocenters. The predicted molar refractivity (Wildman–Crippen MR) is 135 cm³/mol. The van der Waals surface area contributed by atoms with E-state index in [0.717, 1.165) is 37.0 Å². The number of carbonyl (C=O) groups is 1. The Kier molecular flexibility index (Phi) is 10.7. The SMILES string of the molecule is CCCCCCCCCCOC1(c2ccccc2OCC2OC2CCC)C=CC(C(=O)O)C=C1. The summed E-state index contributed by atoms with van der Waals surface area (Å²) >= 11 is 0. The van der Waals surface area contributed by atoms with Crippen LogP contribution in [0.5, 0.6) is 5.75 Å². The van der Waals surface area contributed by atoms with Gasteiger partial charge in [0.2, 0.25) is 0 Å². The van der Waals surface area contributed by atoms with Gasteiger partial charge in [-0.25, -0.2) is 0 Å². The Labute approximate surface area is 205 Å². The van der Waals surface area contributed by atoms with Crippen LogP contribution in [0.1, 0.15) is 83.6 Å². The predicted octanol–water partition coefficient (Wildman–Crippen LogP) is 6.81. The second-order valence-corrected chi connectivity index (χ2v) is 9.51. The molecule has 1 saturated heterocycles. The lowest BCUT2D eigenvalue weighted by Gasteiger charge is -2.32. The summed E-state index contributed by atoms with van der Waals surface area (Å²) in [5.41, 5.74) is 0.0790. The Hall–Kier alpha value is -2.11. The lowest BCUT2D eigenvalue weighted by molar-refractivity contribution is -0.138. The van der Waals surface area contributed by atoms with Crippen LogP contribution in [0.4, 0.5) is 0 Å². The molecule has 0 radical (unpaired) electrons. The number of benzene rings is 1. The van der Waals surface area contributed by atoms with Crippen molar-refractivity contribution in [2.24, 2.45) is 5.92 Å². The number of ether oxygens (including phenoxy) is 3. The maximum Gasteiger partial charge on any atom is 0.314 e. The van der Waals surface area contributed by atoms with Gasteiger partial charge in [-0.2, -0.15) is 0 Å². The minimum atomic E-state index is -0.860. The summed E-state index contributed by atoms with van der Waals surface area (Å²) in [7, 11) is 0. The van der Waals surface area contributed by atoms with Gasteiger partial charge in [-0.3, -0.25) is 4.79 Å². The second-order valence-electron chi connectivity index (χ2n) is 9.51. The first kappa shape index (κ1) is 26.5. The van der Waals surface area contributed by atoms with Crippen molar-refractivity contribution in [1.29, 1.82) is 0 Å². The molecular weight excluding hydrogens is 428 g/mol. The minimum Gasteiger partial charge on any atom is -0.490 e. The highest BCUT2D eigenvalue weighted by molar-refractivity contribution is 5.75. The third kappa shape index (κ3) is 7.71. The molecule has 5 heteroatoms. The molecule has 2 unspecified atom stereocenters. The average Bonchev–Trinajstić information content (AvgIpc) is 3.60. The highest BCUT2D eigenvalue weighted by Crippen LogP contribution is 2.39. The fraction of sp³-hybridized carbons (Fsp3) is 0.621. The normalized spacial score (nSPS) is 25.4. The molecule has 0 saturated carbocycles. The molecule has 0 aromatic heterocycles. The van der Waals surface area contributed by atoms with Crippen molar-refractivity contribution in [1.82, 2.24) is 0 Å².